The molecule has 0 nitrogen and oxygen atoms in total. The Morgan fingerprint density at radius 3 is 1.83 bits per heavy atom. The highest BCUT2D eigenvalue weighted by molar-refractivity contribution is 7.27. The first kappa shape index (κ1) is 20.7. The predicted molar refractivity (Wildman–Crippen MR) is 157 cm³/mol. The zero-order valence-electron chi connectivity index (χ0n) is 20.8. The Morgan fingerprint density at radius 2 is 1.06 bits per heavy atom. The summed E-state index contributed by atoms with van der Waals surface area (Å²) in [6.45, 7) is 14.1. The van der Waals surface area contributed by atoms with Gasteiger partial charge in [-0.1, -0.05) is 64.1 Å². The number of rotatable bonds is 0. The minimum Gasteiger partial charge on any atom is -0.140 e. The average molecular weight is 507 g/mol. The van der Waals surface area contributed by atoms with Crippen molar-refractivity contribution in [2.24, 2.45) is 0 Å². The van der Waals surface area contributed by atoms with Crippen LogP contribution < -0.4 is 0 Å². The molecule has 3 aromatic heterocycles. The Bertz CT molecular complexity index is 1920. The van der Waals surface area contributed by atoms with Crippen LogP contribution in [0.1, 0.15) is 59.7 Å². The van der Waals surface area contributed by atoms with Crippen LogP contribution in [-0.2, 0) is 10.8 Å². The molecule has 0 aliphatic heterocycles. The average Bonchev–Trinajstić information content (AvgIpc) is 3.57. The van der Waals surface area contributed by atoms with Crippen LogP contribution in [0.5, 0.6) is 0 Å². The van der Waals surface area contributed by atoms with Crippen molar-refractivity contribution in [3.63, 3.8) is 0 Å². The van der Waals surface area contributed by atoms with E-state index in [9.17, 15) is 0 Å². The first-order valence-electron chi connectivity index (χ1n) is 12.4. The molecule has 2 aliphatic carbocycles. The summed E-state index contributed by atoms with van der Waals surface area (Å²) in [5.41, 5.74) is 7.60. The predicted octanol–water partition coefficient (Wildman–Crippen LogP) is 10.6. The normalized spacial score (nSPS) is 16.7. The Balaban J connectivity index is 1.44. The smallest absolute Gasteiger partial charge is 0.0499 e. The van der Waals surface area contributed by atoms with E-state index in [0.717, 1.165) is 0 Å². The van der Waals surface area contributed by atoms with E-state index in [1.165, 1.54) is 83.8 Å². The fraction of sp³-hybridized carbons (Fsp3) is 0.250. The molecule has 2 aliphatic rings. The molecule has 3 heteroatoms. The van der Waals surface area contributed by atoms with Crippen LogP contribution in [-0.4, -0.2) is 0 Å². The molecule has 0 spiro atoms. The van der Waals surface area contributed by atoms with E-state index < -0.39 is 0 Å². The van der Waals surface area contributed by atoms with E-state index in [-0.39, 0.29) is 10.8 Å². The van der Waals surface area contributed by atoms with Crippen molar-refractivity contribution in [2.45, 2.75) is 52.4 Å². The van der Waals surface area contributed by atoms with Crippen LogP contribution in [0.3, 0.4) is 0 Å². The molecule has 0 unspecified atom stereocenters. The first-order chi connectivity index (χ1) is 16.7. The number of hydrogen-bond acceptors (Lipinski definition) is 3. The van der Waals surface area contributed by atoms with Gasteiger partial charge in [-0.3, -0.25) is 0 Å². The van der Waals surface area contributed by atoms with Gasteiger partial charge >= 0.3 is 0 Å². The second-order valence-electron chi connectivity index (χ2n) is 11.4. The zero-order chi connectivity index (χ0) is 24.0. The molecular formula is C32H26S3. The van der Waals surface area contributed by atoms with Crippen molar-refractivity contribution in [3.8, 4) is 20.2 Å². The van der Waals surface area contributed by atoms with Crippen molar-refractivity contribution < 1.29 is 0 Å². The van der Waals surface area contributed by atoms with Crippen LogP contribution in [0, 0.1) is 13.8 Å². The molecule has 172 valence electrons. The molecule has 0 N–H and O–H groups in total. The second-order valence-corrected chi connectivity index (χ2v) is 15.0. The number of fused-ring (bicyclic) bond motifs is 13. The molecule has 0 atom stereocenters. The molecule has 3 aromatic carbocycles. The molecule has 0 bridgehead atoms. The lowest BCUT2D eigenvalue weighted by Crippen LogP contribution is -2.15. The van der Waals surface area contributed by atoms with E-state index in [1.54, 1.807) is 0 Å². The zero-order valence-corrected chi connectivity index (χ0v) is 23.3. The Labute approximate surface area is 217 Å². The monoisotopic (exact) mass is 506 g/mol. The van der Waals surface area contributed by atoms with Crippen LogP contribution >= 0.6 is 34.0 Å². The number of benzene rings is 3. The molecule has 8 rings (SSSR count). The van der Waals surface area contributed by atoms with Gasteiger partial charge < -0.3 is 0 Å². The molecule has 0 fully saturated rings. The summed E-state index contributed by atoms with van der Waals surface area (Å²) in [7, 11) is 0. The second kappa shape index (κ2) is 6.26. The minimum atomic E-state index is 0.0360. The van der Waals surface area contributed by atoms with Crippen molar-refractivity contribution in [1.82, 2.24) is 0 Å². The topological polar surface area (TPSA) is 0 Å². The van der Waals surface area contributed by atoms with Gasteiger partial charge in [0.1, 0.15) is 0 Å². The quantitative estimate of drug-likeness (QED) is 0.180. The highest BCUT2D eigenvalue weighted by atomic mass is 32.1. The summed E-state index contributed by atoms with van der Waals surface area (Å²) in [6, 6.07) is 19.2. The summed E-state index contributed by atoms with van der Waals surface area (Å²) in [5, 5.41) is 7.05. The molecule has 0 saturated carbocycles. The maximum absolute atomic E-state index is 2.41. The van der Waals surface area contributed by atoms with Crippen LogP contribution in [0.4, 0.5) is 0 Å². The number of thiophene rings is 3. The van der Waals surface area contributed by atoms with E-state index in [0.29, 0.717) is 0 Å². The standard InChI is InChI=1S/C32H26S3/c1-15-13-23-28(33-15)21-11-7-17-18-8-12-22-26-30(29-24(32(26,5)6)14-16(2)34-29)35-27(22)20(18)10-9-19(17)25(21)31(23,3)4/h7-14H,1-6H3. The van der Waals surface area contributed by atoms with Crippen molar-refractivity contribution in [1.29, 1.82) is 0 Å². The fourth-order valence-electron chi connectivity index (χ4n) is 7.01. The Morgan fingerprint density at radius 1 is 0.514 bits per heavy atom. The van der Waals surface area contributed by atoms with Gasteiger partial charge in [-0.2, -0.15) is 0 Å². The highest BCUT2D eigenvalue weighted by Crippen LogP contribution is 2.59. The molecular weight excluding hydrogens is 481 g/mol. The van der Waals surface area contributed by atoms with E-state index in [4.69, 9.17) is 0 Å². The van der Waals surface area contributed by atoms with E-state index in [1.807, 2.05) is 34.0 Å². The molecule has 35 heavy (non-hydrogen) atoms. The molecule has 6 aromatic rings. The van der Waals surface area contributed by atoms with Gasteiger partial charge in [-0.05, 0) is 75.3 Å². The summed E-state index contributed by atoms with van der Waals surface area (Å²) in [4.78, 5) is 7.30. The van der Waals surface area contributed by atoms with Crippen molar-refractivity contribution in [3.05, 3.63) is 80.5 Å². The van der Waals surface area contributed by atoms with Crippen LogP contribution in [0.25, 0.3) is 51.8 Å². The van der Waals surface area contributed by atoms with Crippen LogP contribution in [0.15, 0.2) is 48.5 Å². The van der Waals surface area contributed by atoms with E-state index in [2.05, 4.69) is 90.1 Å². The SMILES string of the molecule is Cc1cc2c(s1)-c1ccc3c(ccc4c3ccc3c5c(sc34)-c3sc(C)cc3C5(C)C)c1C2(C)C. The molecule has 3 heterocycles. The summed E-state index contributed by atoms with van der Waals surface area (Å²) >= 11 is 5.93. The van der Waals surface area contributed by atoms with Gasteiger partial charge in [0.05, 0.1) is 0 Å². The summed E-state index contributed by atoms with van der Waals surface area (Å²) < 4.78 is 1.45. The van der Waals surface area contributed by atoms with Gasteiger partial charge in [0.2, 0.25) is 0 Å². The minimum absolute atomic E-state index is 0.0360. The van der Waals surface area contributed by atoms with Gasteiger partial charge in [-0.15, -0.1) is 34.0 Å². The van der Waals surface area contributed by atoms with Gasteiger partial charge in [-0.25, -0.2) is 0 Å². The van der Waals surface area contributed by atoms with Gasteiger partial charge in [0.25, 0.3) is 0 Å². The number of hydrogen-bond donors (Lipinski definition) is 0. The first-order valence-corrected chi connectivity index (χ1v) is 14.8. The van der Waals surface area contributed by atoms with Crippen molar-refractivity contribution >= 4 is 65.6 Å². The Kier molecular flexibility index (Phi) is 3.70. The van der Waals surface area contributed by atoms with E-state index >= 15 is 0 Å². The van der Waals surface area contributed by atoms with Gasteiger partial charge in [0, 0.05) is 45.3 Å². The third-order valence-electron chi connectivity index (χ3n) is 8.61. The molecule has 0 saturated heterocycles. The lowest BCUT2D eigenvalue weighted by molar-refractivity contribution is 0.667. The number of aryl methyl sites for hydroxylation is 2. The highest BCUT2D eigenvalue weighted by Gasteiger charge is 2.41. The Hall–Kier alpha value is -2.46. The summed E-state index contributed by atoms with van der Waals surface area (Å²) in [5.74, 6) is 0. The third-order valence-corrected chi connectivity index (χ3v) is 12.1. The molecule has 0 amide bonds. The lowest BCUT2D eigenvalue weighted by atomic mass is 9.79. The molecule has 0 radical (unpaired) electrons. The maximum atomic E-state index is 2.41. The van der Waals surface area contributed by atoms with Crippen LogP contribution in [0.2, 0.25) is 0 Å². The van der Waals surface area contributed by atoms with Gasteiger partial charge in [0.15, 0.2) is 0 Å². The largest absolute Gasteiger partial charge is 0.140 e. The summed E-state index contributed by atoms with van der Waals surface area (Å²) in [6.07, 6.45) is 0. The third kappa shape index (κ3) is 2.34. The lowest BCUT2D eigenvalue weighted by Gasteiger charge is -2.23. The maximum Gasteiger partial charge on any atom is 0.0499 e. The fourth-order valence-corrected chi connectivity index (χ4v) is 11.0. The van der Waals surface area contributed by atoms with Crippen molar-refractivity contribution in [2.75, 3.05) is 0 Å².